The Bertz CT molecular complexity index is 617. The Labute approximate surface area is 174 Å². The summed E-state index contributed by atoms with van der Waals surface area (Å²) in [6.07, 6.45) is 6.16. The molecule has 0 aliphatic heterocycles. The summed E-state index contributed by atoms with van der Waals surface area (Å²) in [7, 11) is 3.94. The minimum atomic E-state index is -0.750. The average molecular weight is 408 g/mol. The highest BCUT2D eigenvalue weighted by molar-refractivity contribution is 5.78. The van der Waals surface area contributed by atoms with E-state index in [0.29, 0.717) is 12.8 Å². The van der Waals surface area contributed by atoms with Gasteiger partial charge in [-0.2, -0.15) is 0 Å². The molecule has 1 aromatic carbocycles. The van der Waals surface area contributed by atoms with Crippen LogP contribution in [0.25, 0.3) is 0 Å². The highest BCUT2D eigenvalue weighted by atomic mass is 16.5. The number of aliphatic hydroxyl groups is 1. The van der Waals surface area contributed by atoms with Crippen LogP contribution in [0.2, 0.25) is 0 Å². The van der Waals surface area contributed by atoms with Crippen molar-refractivity contribution in [2.45, 2.75) is 70.8 Å². The fourth-order valence-corrected chi connectivity index (χ4v) is 3.30. The van der Waals surface area contributed by atoms with Crippen molar-refractivity contribution >= 4 is 17.4 Å². The first-order valence-electron chi connectivity index (χ1n) is 10.6. The monoisotopic (exact) mass is 407 g/mol. The van der Waals surface area contributed by atoms with E-state index in [1.54, 1.807) is 6.92 Å². The summed E-state index contributed by atoms with van der Waals surface area (Å²) in [5.74, 6) is 0.209. The van der Waals surface area contributed by atoms with Crippen molar-refractivity contribution in [1.29, 1.82) is 0 Å². The van der Waals surface area contributed by atoms with E-state index in [0.717, 1.165) is 50.0 Å². The second kappa shape index (κ2) is 14.0. The van der Waals surface area contributed by atoms with Gasteiger partial charge in [-0.05, 0) is 44.7 Å². The number of hydrogen-bond acceptors (Lipinski definition) is 5. The van der Waals surface area contributed by atoms with Crippen LogP contribution in [0.1, 0.15) is 64.7 Å². The number of carbonyl (C=O) groups excluding carboxylic acids is 1. The van der Waals surface area contributed by atoms with E-state index in [4.69, 9.17) is 9.84 Å². The maximum atomic E-state index is 11.9. The van der Waals surface area contributed by atoms with Gasteiger partial charge in [-0.25, -0.2) is 0 Å². The number of aliphatic hydroxyl groups excluding tert-OH is 1. The zero-order valence-electron chi connectivity index (χ0n) is 18.1. The van der Waals surface area contributed by atoms with Crippen LogP contribution in [-0.4, -0.2) is 48.8 Å². The molecule has 0 heterocycles. The summed E-state index contributed by atoms with van der Waals surface area (Å²) in [6, 6.07) is 7.74. The maximum Gasteiger partial charge on any atom is 0.303 e. The first kappa shape index (κ1) is 25.0. The molecule has 0 aliphatic rings. The Balaban J connectivity index is 2.23. The fraction of sp³-hybridized carbons (Fsp3) is 0.652. The lowest BCUT2D eigenvalue weighted by Gasteiger charge is -2.17. The quantitative estimate of drug-likeness (QED) is 0.398. The number of Topliss-reactive ketones (excluding diaryl/α,β-unsaturated/α-hetero) is 1. The molecule has 2 N–H and O–H groups in total. The molecule has 0 radical (unpaired) electrons. The second-order valence-corrected chi connectivity index (χ2v) is 7.94. The van der Waals surface area contributed by atoms with Crippen LogP contribution >= 0.6 is 0 Å². The Morgan fingerprint density at radius 2 is 1.72 bits per heavy atom. The molecule has 0 amide bonds. The van der Waals surface area contributed by atoms with E-state index in [2.05, 4.69) is 0 Å². The van der Waals surface area contributed by atoms with Gasteiger partial charge in [0.15, 0.2) is 0 Å². The van der Waals surface area contributed by atoms with Crippen molar-refractivity contribution in [2.75, 3.05) is 25.6 Å². The summed E-state index contributed by atoms with van der Waals surface area (Å²) in [4.78, 5) is 24.4. The van der Waals surface area contributed by atoms with E-state index in [9.17, 15) is 14.7 Å². The van der Waals surface area contributed by atoms with E-state index >= 15 is 0 Å². The lowest BCUT2D eigenvalue weighted by Crippen LogP contribution is -2.19. The van der Waals surface area contributed by atoms with Crippen LogP contribution in [0.4, 0.5) is 5.69 Å². The predicted molar refractivity (Wildman–Crippen MR) is 116 cm³/mol. The summed E-state index contributed by atoms with van der Waals surface area (Å²) in [5.41, 5.74) is 1.05. The zero-order chi connectivity index (χ0) is 21.6. The summed E-state index contributed by atoms with van der Waals surface area (Å²) in [6.45, 7) is 1.87. The lowest BCUT2D eigenvalue weighted by atomic mass is 9.91. The number of carboxylic acid groups (broad SMARTS) is 1. The molecule has 0 fully saturated rings. The van der Waals surface area contributed by atoms with Gasteiger partial charge in [-0.3, -0.25) is 9.59 Å². The minimum absolute atomic E-state index is 0.0272. The Morgan fingerprint density at radius 3 is 2.38 bits per heavy atom. The van der Waals surface area contributed by atoms with Gasteiger partial charge < -0.3 is 19.8 Å². The molecule has 6 nitrogen and oxygen atoms in total. The van der Waals surface area contributed by atoms with Crippen molar-refractivity contribution in [3.8, 4) is 5.75 Å². The maximum absolute atomic E-state index is 11.9. The number of ether oxygens (including phenoxy) is 1. The third-order valence-electron chi connectivity index (χ3n) is 5.13. The minimum Gasteiger partial charge on any atom is -0.491 e. The molecule has 0 aromatic heterocycles. The van der Waals surface area contributed by atoms with Crippen LogP contribution in [-0.2, 0) is 9.59 Å². The Hall–Kier alpha value is -2.08. The van der Waals surface area contributed by atoms with E-state index in [1.807, 2.05) is 43.3 Å². The number of nitrogens with zero attached hydrogens (tertiary/aromatic N) is 1. The second-order valence-electron chi connectivity index (χ2n) is 7.94. The molecule has 29 heavy (non-hydrogen) atoms. The molecular formula is C23H37NO5. The average Bonchev–Trinajstić information content (AvgIpc) is 2.67. The number of unbranched alkanes of at least 4 members (excludes halogenated alkanes) is 3. The number of aliphatic carboxylic acids is 1. The predicted octanol–water partition coefficient (Wildman–Crippen LogP) is 4.29. The number of rotatable bonds is 16. The van der Waals surface area contributed by atoms with Gasteiger partial charge in [-0.1, -0.05) is 31.7 Å². The standard InChI is InChI=1S/C23H37NO5/c1-18(25)19(10-6-4-5-7-15-23(27)28)11-8-13-21(26)17-29-22-14-9-12-20(16-22)24(2)3/h9,12,14,16,19,21,26H,4-8,10-11,13,15,17H2,1-3H3,(H,27,28). The van der Waals surface area contributed by atoms with Gasteiger partial charge in [-0.15, -0.1) is 0 Å². The molecule has 0 bridgehead atoms. The number of benzene rings is 1. The highest BCUT2D eigenvalue weighted by Gasteiger charge is 2.15. The molecule has 1 aromatic rings. The Kier molecular flexibility index (Phi) is 12.0. The largest absolute Gasteiger partial charge is 0.491 e. The van der Waals surface area contributed by atoms with Crippen LogP contribution in [0.5, 0.6) is 5.75 Å². The lowest BCUT2D eigenvalue weighted by molar-refractivity contribution is -0.137. The number of hydrogen-bond donors (Lipinski definition) is 2. The summed E-state index contributed by atoms with van der Waals surface area (Å²) >= 11 is 0. The highest BCUT2D eigenvalue weighted by Crippen LogP contribution is 2.21. The topological polar surface area (TPSA) is 87.1 Å². The number of carbonyl (C=O) groups is 2. The smallest absolute Gasteiger partial charge is 0.303 e. The first-order chi connectivity index (χ1) is 13.8. The zero-order valence-corrected chi connectivity index (χ0v) is 18.1. The molecule has 1 rings (SSSR count). The molecule has 0 spiro atoms. The van der Waals surface area contributed by atoms with Crippen molar-refractivity contribution < 1.29 is 24.5 Å². The normalized spacial score (nSPS) is 13.0. The van der Waals surface area contributed by atoms with Crippen molar-refractivity contribution in [2.24, 2.45) is 5.92 Å². The molecular weight excluding hydrogens is 370 g/mol. The van der Waals surface area contributed by atoms with Crippen LogP contribution in [0.15, 0.2) is 24.3 Å². The Morgan fingerprint density at radius 1 is 1.03 bits per heavy atom. The van der Waals surface area contributed by atoms with Crippen molar-refractivity contribution in [3.63, 3.8) is 0 Å². The SMILES string of the molecule is CC(=O)C(CCCCCCC(=O)O)CCCC(O)COc1cccc(N(C)C)c1. The molecule has 6 heteroatoms. The number of anilines is 1. The number of carboxylic acids is 1. The van der Waals surface area contributed by atoms with Gasteiger partial charge in [0.1, 0.15) is 18.1 Å². The van der Waals surface area contributed by atoms with Gasteiger partial charge in [0, 0.05) is 38.2 Å². The number of ketones is 1. The van der Waals surface area contributed by atoms with Gasteiger partial charge in [0.2, 0.25) is 0 Å². The van der Waals surface area contributed by atoms with Crippen molar-refractivity contribution in [1.82, 2.24) is 0 Å². The van der Waals surface area contributed by atoms with Crippen LogP contribution in [0, 0.1) is 5.92 Å². The molecule has 2 unspecified atom stereocenters. The molecule has 0 aliphatic carbocycles. The van der Waals surface area contributed by atoms with Gasteiger partial charge >= 0.3 is 5.97 Å². The van der Waals surface area contributed by atoms with Gasteiger partial charge in [0.25, 0.3) is 0 Å². The van der Waals surface area contributed by atoms with E-state index in [1.165, 1.54) is 0 Å². The van der Waals surface area contributed by atoms with Crippen LogP contribution in [0.3, 0.4) is 0 Å². The third-order valence-corrected chi connectivity index (χ3v) is 5.13. The van der Waals surface area contributed by atoms with Gasteiger partial charge in [0.05, 0.1) is 6.10 Å². The molecule has 0 saturated carbocycles. The van der Waals surface area contributed by atoms with Crippen LogP contribution < -0.4 is 9.64 Å². The van der Waals surface area contributed by atoms with E-state index in [-0.39, 0.29) is 24.7 Å². The summed E-state index contributed by atoms with van der Waals surface area (Å²) in [5, 5.41) is 18.8. The molecule has 0 saturated heterocycles. The molecule has 2 atom stereocenters. The summed E-state index contributed by atoms with van der Waals surface area (Å²) < 4.78 is 5.70. The molecule has 164 valence electrons. The third kappa shape index (κ3) is 11.5. The fourth-order valence-electron chi connectivity index (χ4n) is 3.30. The first-order valence-corrected chi connectivity index (χ1v) is 10.6. The van der Waals surface area contributed by atoms with E-state index < -0.39 is 12.1 Å². The van der Waals surface area contributed by atoms with Crippen molar-refractivity contribution in [3.05, 3.63) is 24.3 Å².